The fraction of sp³-hybridized carbons (Fsp3) is 0.727. The van der Waals surface area contributed by atoms with Gasteiger partial charge in [-0.05, 0) is 12.8 Å². The van der Waals surface area contributed by atoms with Gasteiger partial charge in [0.05, 0.1) is 19.8 Å². The summed E-state index contributed by atoms with van der Waals surface area (Å²) in [5, 5.41) is 2.98. The third-order valence-corrected chi connectivity index (χ3v) is 2.76. The SMILES string of the molecule is C#CCN1CCOCC1C(=O)NC1CC1. The van der Waals surface area contributed by atoms with Crippen LogP contribution >= 0.6 is 0 Å². The molecular weight excluding hydrogens is 192 g/mol. The van der Waals surface area contributed by atoms with E-state index in [0.29, 0.717) is 25.8 Å². The van der Waals surface area contributed by atoms with Gasteiger partial charge in [-0.15, -0.1) is 6.42 Å². The Morgan fingerprint density at radius 1 is 1.60 bits per heavy atom. The van der Waals surface area contributed by atoms with Gasteiger partial charge >= 0.3 is 0 Å². The molecule has 1 saturated carbocycles. The lowest BCUT2D eigenvalue weighted by molar-refractivity contribution is -0.132. The van der Waals surface area contributed by atoms with Crippen LogP contribution in [0.5, 0.6) is 0 Å². The van der Waals surface area contributed by atoms with Gasteiger partial charge in [-0.3, -0.25) is 9.69 Å². The van der Waals surface area contributed by atoms with Crippen LogP contribution in [0.15, 0.2) is 0 Å². The van der Waals surface area contributed by atoms with E-state index in [2.05, 4.69) is 11.2 Å². The number of terminal acetylenes is 1. The van der Waals surface area contributed by atoms with Crippen molar-refractivity contribution in [2.45, 2.75) is 24.9 Å². The number of hydrogen-bond donors (Lipinski definition) is 1. The molecule has 1 N–H and O–H groups in total. The average Bonchev–Trinajstić information content (AvgIpc) is 3.03. The van der Waals surface area contributed by atoms with Crippen molar-refractivity contribution in [2.75, 3.05) is 26.3 Å². The number of morpholine rings is 1. The first kappa shape index (κ1) is 10.5. The monoisotopic (exact) mass is 208 g/mol. The summed E-state index contributed by atoms with van der Waals surface area (Å²) in [6, 6.07) is 0.197. The number of nitrogens with one attached hydrogen (secondary N) is 1. The molecule has 0 aromatic rings. The quantitative estimate of drug-likeness (QED) is 0.642. The second-order valence-corrected chi connectivity index (χ2v) is 4.05. The molecule has 1 saturated heterocycles. The maximum absolute atomic E-state index is 11.8. The highest BCUT2D eigenvalue weighted by molar-refractivity contribution is 5.82. The van der Waals surface area contributed by atoms with Crippen molar-refractivity contribution >= 4 is 5.91 Å². The average molecular weight is 208 g/mol. The van der Waals surface area contributed by atoms with E-state index in [1.54, 1.807) is 0 Å². The van der Waals surface area contributed by atoms with Gasteiger partial charge in [0.2, 0.25) is 5.91 Å². The Labute approximate surface area is 90.0 Å². The fourth-order valence-corrected chi connectivity index (χ4v) is 1.71. The van der Waals surface area contributed by atoms with E-state index in [0.717, 1.165) is 19.4 Å². The van der Waals surface area contributed by atoms with E-state index in [4.69, 9.17) is 11.2 Å². The Morgan fingerprint density at radius 2 is 2.40 bits per heavy atom. The van der Waals surface area contributed by atoms with Gasteiger partial charge in [0.15, 0.2) is 0 Å². The fourth-order valence-electron chi connectivity index (χ4n) is 1.71. The second-order valence-electron chi connectivity index (χ2n) is 4.05. The third kappa shape index (κ3) is 2.71. The molecule has 15 heavy (non-hydrogen) atoms. The Hall–Kier alpha value is -1.05. The summed E-state index contributed by atoms with van der Waals surface area (Å²) in [6.45, 7) is 2.38. The molecule has 1 heterocycles. The van der Waals surface area contributed by atoms with Gasteiger partial charge in [0, 0.05) is 12.6 Å². The van der Waals surface area contributed by atoms with Crippen LogP contribution in [0.4, 0.5) is 0 Å². The minimum atomic E-state index is -0.199. The van der Waals surface area contributed by atoms with E-state index < -0.39 is 0 Å². The Morgan fingerprint density at radius 3 is 3.07 bits per heavy atom. The lowest BCUT2D eigenvalue weighted by Crippen LogP contribution is -2.54. The molecule has 1 amide bonds. The van der Waals surface area contributed by atoms with E-state index in [-0.39, 0.29) is 11.9 Å². The number of rotatable bonds is 3. The predicted octanol–water partition coefficient (Wildman–Crippen LogP) is -0.401. The minimum Gasteiger partial charge on any atom is -0.378 e. The lowest BCUT2D eigenvalue weighted by Gasteiger charge is -2.33. The smallest absolute Gasteiger partial charge is 0.239 e. The van der Waals surface area contributed by atoms with Crippen LogP contribution < -0.4 is 5.32 Å². The van der Waals surface area contributed by atoms with Crippen LogP contribution in [0.25, 0.3) is 0 Å². The summed E-state index contributed by atoms with van der Waals surface area (Å²) in [5.41, 5.74) is 0. The number of ether oxygens (including phenoxy) is 1. The van der Waals surface area contributed by atoms with Gasteiger partial charge in [-0.2, -0.15) is 0 Å². The summed E-state index contributed by atoms with van der Waals surface area (Å²) in [4.78, 5) is 13.8. The van der Waals surface area contributed by atoms with Gasteiger partial charge < -0.3 is 10.1 Å². The van der Waals surface area contributed by atoms with Crippen molar-refractivity contribution < 1.29 is 9.53 Å². The Bertz CT molecular complexity index is 281. The first-order valence-electron chi connectivity index (χ1n) is 5.37. The van der Waals surface area contributed by atoms with Crippen LogP contribution in [0.3, 0.4) is 0 Å². The molecule has 0 aromatic carbocycles. The van der Waals surface area contributed by atoms with Crippen LogP contribution in [-0.2, 0) is 9.53 Å². The zero-order chi connectivity index (χ0) is 10.7. The molecule has 4 nitrogen and oxygen atoms in total. The van der Waals surface area contributed by atoms with Gasteiger partial charge in [-0.25, -0.2) is 0 Å². The van der Waals surface area contributed by atoms with Crippen LogP contribution in [0.2, 0.25) is 0 Å². The molecule has 4 heteroatoms. The lowest BCUT2D eigenvalue weighted by atomic mass is 10.2. The van der Waals surface area contributed by atoms with Crippen molar-refractivity contribution in [2.24, 2.45) is 0 Å². The number of carbonyl (C=O) groups is 1. The molecule has 0 bridgehead atoms. The molecule has 1 atom stereocenters. The Balaban J connectivity index is 1.90. The summed E-state index contributed by atoms with van der Waals surface area (Å²) in [6.07, 6.45) is 7.48. The van der Waals surface area contributed by atoms with Crippen LogP contribution in [-0.4, -0.2) is 49.2 Å². The standard InChI is InChI=1S/C11H16N2O2/c1-2-5-13-6-7-15-8-10(13)11(14)12-9-3-4-9/h1,9-10H,3-8H2,(H,12,14). The van der Waals surface area contributed by atoms with Crippen molar-refractivity contribution in [3.05, 3.63) is 0 Å². The first-order valence-corrected chi connectivity index (χ1v) is 5.37. The summed E-state index contributed by atoms with van der Waals surface area (Å²) < 4.78 is 5.31. The van der Waals surface area contributed by atoms with Gasteiger partial charge in [-0.1, -0.05) is 5.92 Å². The molecule has 2 rings (SSSR count). The summed E-state index contributed by atoms with van der Waals surface area (Å²) in [5.74, 6) is 2.64. The van der Waals surface area contributed by atoms with Crippen molar-refractivity contribution in [1.29, 1.82) is 0 Å². The highest BCUT2D eigenvalue weighted by atomic mass is 16.5. The topological polar surface area (TPSA) is 41.6 Å². The zero-order valence-electron chi connectivity index (χ0n) is 8.74. The molecule has 2 fully saturated rings. The molecule has 1 aliphatic carbocycles. The Kier molecular flexibility index (Phi) is 3.24. The molecular formula is C11H16N2O2. The van der Waals surface area contributed by atoms with Gasteiger partial charge in [0.25, 0.3) is 0 Å². The van der Waals surface area contributed by atoms with Crippen LogP contribution in [0.1, 0.15) is 12.8 Å². The van der Waals surface area contributed by atoms with Gasteiger partial charge in [0.1, 0.15) is 6.04 Å². The molecule has 0 radical (unpaired) electrons. The molecule has 82 valence electrons. The summed E-state index contributed by atoms with van der Waals surface area (Å²) in [7, 11) is 0. The minimum absolute atomic E-state index is 0.0625. The molecule has 1 aliphatic heterocycles. The van der Waals surface area contributed by atoms with E-state index >= 15 is 0 Å². The van der Waals surface area contributed by atoms with E-state index in [9.17, 15) is 4.79 Å². The first-order chi connectivity index (χ1) is 7.31. The molecule has 0 aromatic heterocycles. The number of nitrogens with zero attached hydrogens (tertiary/aromatic N) is 1. The zero-order valence-corrected chi connectivity index (χ0v) is 8.74. The molecule has 1 unspecified atom stereocenters. The van der Waals surface area contributed by atoms with Crippen molar-refractivity contribution in [3.8, 4) is 12.3 Å². The number of hydrogen-bond acceptors (Lipinski definition) is 3. The number of amides is 1. The highest BCUT2D eigenvalue weighted by Crippen LogP contribution is 2.19. The second kappa shape index (κ2) is 4.65. The number of carbonyl (C=O) groups excluding carboxylic acids is 1. The normalized spacial score (nSPS) is 27.0. The predicted molar refractivity (Wildman–Crippen MR) is 56.2 cm³/mol. The maximum Gasteiger partial charge on any atom is 0.239 e. The molecule has 0 spiro atoms. The van der Waals surface area contributed by atoms with E-state index in [1.807, 2.05) is 4.90 Å². The third-order valence-electron chi connectivity index (χ3n) is 2.76. The summed E-state index contributed by atoms with van der Waals surface area (Å²) >= 11 is 0. The van der Waals surface area contributed by atoms with E-state index in [1.165, 1.54) is 0 Å². The van der Waals surface area contributed by atoms with Crippen LogP contribution in [0, 0.1) is 12.3 Å². The van der Waals surface area contributed by atoms with Crippen molar-refractivity contribution in [3.63, 3.8) is 0 Å². The maximum atomic E-state index is 11.8. The highest BCUT2D eigenvalue weighted by Gasteiger charge is 2.32. The molecule has 2 aliphatic rings. The van der Waals surface area contributed by atoms with Crippen molar-refractivity contribution in [1.82, 2.24) is 10.2 Å². The largest absolute Gasteiger partial charge is 0.378 e.